The number of benzene rings is 1. The number of nitro benzene ring substituents is 1. The molecule has 0 unspecified atom stereocenters. The molecule has 1 aromatic heterocycles. The molecule has 0 saturated heterocycles. The van der Waals surface area contributed by atoms with E-state index in [1.807, 2.05) is 0 Å². The Morgan fingerprint density at radius 3 is 2.73 bits per heavy atom. The van der Waals surface area contributed by atoms with Gasteiger partial charge in [0.25, 0.3) is 11.2 Å². The zero-order chi connectivity index (χ0) is 15.9. The number of nitrogens with one attached hydrogen (secondary N) is 1. The van der Waals surface area contributed by atoms with E-state index in [4.69, 9.17) is 4.74 Å². The third-order valence-electron chi connectivity index (χ3n) is 4.30. The summed E-state index contributed by atoms with van der Waals surface area (Å²) in [5.74, 6) is 0. The summed E-state index contributed by atoms with van der Waals surface area (Å²) in [6, 6.07) is 6.12. The highest BCUT2D eigenvalue weighted by Gasteiger charge is 2.31. The number of anilines is 1. The average Bonchev–Trinajstić information content (AvgIpc) is 2.48. The van der Waals surface area contributed by atoms with Crippen molar-refractivity contribution in [1.29, 1.82) is 0 Å². The van der Waals surface area contributed by atoms with Gasteiger partial charge in [0.05, 0.1) is 22.6 Å². The number of non-ortho nitro benzene ring substituents is 1. The summed E-state index contributed by atoms with van der Waals surface area (Å²) in [5, 5.41) is 15.0. The molecule has 3 rings (SSSR count). The van der Waals surface area contributed by atoms with E-state index in [-0.39, 0.29) is 23.4 Å². The maximum Gasteiger partial charge on any atom is 0.270 e. The first kappa shape index (κ1) is 14.5. The van der Waals surface area contributed by atoms with E-state index in [9.17, 15) is 14.9 Å². The van der Waals surface area contributed by atoms with Crippen LogP contribution in [0, 0.1) is 10.1 Å². The Balaban J connectivity index is 2.11. The van der Waals surface area contributed by atoms with Gasteiger partial charge in [0.1, 0.15) is 0 Å². The van der Waals surface area contributed by atoms with Crippen LogP contribution in [0.25, 0.3) is 10.9 Å². The lowest BCUT2D eigenvalue weighted by molar-refractivity contribution is -0.384. The summed E-state index contributed by atoms with van der Waals surface area (Å²) >= 11 is 0. The Morgan fingerprint density at radius 1 is 1.36 bits per heavy atom. The average molecular weight is 303 g/mol. The van der Waals surface area contributed by atoms with Gasteiger partial charge in [0.15, 0.2) is 0 Å². The third-order valence-corrected chi connectivity index (χ3v) is 4.30. The van der Waals surface area contributed by atoms with Crippen LogP contribution in [-0.2, 0) is 11.8 Å². The molecule has 1 fully saturated rings. The largest absolute Gasteiger partial charge is 0.379 e. The highest BCUT2D eigenvalue weighted by molar-refractivity contribution is 5.93. The molecule has 0 radical (unpaired) electrons. The molecule has 0 bridgehead atoms. The van der Waals surface area contributed by atoms with Gasteiger partial charge >= 0.3 is 0 Å². The van der Waals surface area contributed by atoms with E-state index in [2.05, 4.69) is 5.32 Å². The molecule has 0 spiro atoms. The maximum atomic E-state index is 12.1. The van der Waals surface area contributed by atoms with E-state index < -0.39 is 4.92 Å². The highest BCUT2D eigenvalue weighted by atomic mass is 16.6. The Morgan fingerprint density at radius 2 is 2.14 bits per heavy atom. The van der Waals surface area contributed by atoms with Crippen LogP contribution >= 0.6 is 0 Å². The molecule has 7 heteroatoms. The number of ether oxygens (including phenoxy) is 1. The zero-order valence-corrected chi connectivity index (χ0v) is 12.4. The van der Waals surface area contributed by atoms with Gasteiger partial charge in [-0.05, 0) is 18.9 Å². The van der Waals surface area contributed by atoms with Crippen LogP contribution in [0.2, 0.25) is 0 Å². The van der Waals surface area contributed by atoms with Gasteiger partial charge in [0.2, 0.25) is 0 Å². The van der Waals surface area contributed by atoms with Crippen LogP contribution in [0.3, 0.4) is 0 Å². The molecule has 2 atom stereocenters. The molecule has 1 aliphatic rings. The molecular formula is C15H17N3O4. The van der Waals surface area contributed by atoms with Crippen molar-refractivity contribution in [2.24, 2.45) is 7.05 Å². The minimum absolute atomic E-state index is 0.00565. The fourth-order valence-electron chi connectivity index (χ4n) is 2.80. The first-order valence-electron chi connectivity index (χ1n) is 7.09. The number of hydrogen-bond acceptors (Lipinski definition) is 5. The Kier molecular flexibility index (Phi) is 3.58. The summed E-state index contributed by atoms with van der Waals surface area (Å²) in [6.45, 7) is 0. The van der Waals surface area contributed by atoms with Gasteiger partial charge < -0.3 is 14.6 Å². The van der Waals surface area contributed by atoms with E-state index in [0.717, 1.165) is 12.8 Å². The molecule has 1 N–H and O–H groups in total. The van der Waals surface area contributed by atoms with Crippen molar-refractivity contribution in [3.8, 4) is 0 Å². The molecule has 0 aliphatic heterocycles. The lowest BCUT2D eigenvalue weighted by atomic mass is 9.88. The molecule has 7 nitrogen and oxygen atoms in total. The van der Waals surface area contributed by atoms with Crippen molar-refractivity contribution in [2.75, 3.05) is 12.4 Å². The molecule has 1 aromatic carbocycles. The second kappa shape index (κ2) is 5.42. The first-order valence-corrected chi connectivity index (χ1v) is 7.09. The van der Waals surface area contributed by atoms with Crippen molar-refractivity contribution < 1.29 is 9.66 Å². The lowest BCUT2D eigenvalue weighted by Crippen LogP contribution is -2.44. The van der Waals surface area contributed by atoms with Crippen LogP contribution in [0.15, 0.2) is 29.1 Å². The quantitative estimate of drug-likeness (QED) is 0.690. The molecule has 1 aliphatic carbocycles. The van der Waals surface area contributed by atoms with Crippen LogP contribution in [-0.4, -0.2) is 28.7 Å². The van der Waals surface area contributed by atoms with Crippen molar-refractivity contribution in [3.63, 3.8) is 0 Å². The molecule has 22 heavy (non-hydrogen) atoms. The summed E-state index contributed by atoms with van der Waals surface area (Å²) in [7, 11) is 3.31. The van der Waals surface area contributed by atoms with Gasteiger partial charge in [-0.25, -0.2) is 0 Å². The number of rotatable bonds is 4. The van der Waals surface area contributed by atoms with Gasteiger partial charge in [-0.1, -0.05) is 0 Å². The van der Waals surface area contributed by atoms with Crippen molar-refractivity contribution in [2.45, 2.75) is 25.0 Å². The summed E-state index contributed by atoms with van der Waals surface area (Å²) in [4.78, 5) is 22.6. The second-order valence-corrected chi connectivity index (χ2v) is 5.52. The highest BCUT2D eigenvalue weighted by Crippen LogP contribution is 2.31. The monoisotopic (exact) mass is 303 g/mol. The van der Waals surface area contributed by atoms with Crippen LogP contribution in [0.4, 0.5) is 11.4 Å². The van der Waals surface area contributed by atoms with E-state index in [0.29, 0.717) is 16.6 Å². The number of pyridine rings is 1. The molecule has 1 saturated carbocycles. The number of aryl methyl sites for hydroxylation is 1. The third kappa shape index (κ3) is 2.33. The molecule has 0 amide bonds. The molecule has 116 valence electrons. The molecule has 1 heterocycles. The van der Waals surface area contributed by atoms with Gasteiger partial charge in [-0.3, -0.25) is 14.9 Å². The standard InChI is InChI=1S/C15H17N3O4/c1-17-13-5-3-9(18(20)21)7-10(13)12(8-15(17)19)16-11-4-6-14(11)22-2/h3,5,7-8,11,14,16H,4,6H2,1-2H3/t11-,14-/m1/s1. The SMILES string of the molecule is CO[C@@H]1CC[C@H]1Nc1cc(=O)n(C)c2ccc([N+](=O)[O-])cc12. The van der Waals surface area contributed by atoms with E-state index in [1.165, 1.54) is 22.8 Å². The molecular weight excluding hydrogens is 286 g/mol. The van der Waals surface area contributed by atoms with E-state index >= 15 is 0 Å². The van der Waals surface area contributed by atoms with Gasteiger partial charge in [-0.15, -0.1) is 0 Å². The second-order valence-electron chi connectivity index (χ2n) is 5.52. The summed E-state index contributed by atoms with van der Waals surface area (Å²) < 4.78 is 6.83. The number of fused-ring (bicyclic) bond motifs is 1. The number of nitro groups is 1. The smallest absolute Gasteiger partial charge is 0.270 e. The normalized spacial score (nSPS) is 20.6. The van der Waals surface area contributed by atoms with E-state index in [1.54, 1.807) is 20.2 Å². The van der Waals surface area contributed by atoms with Crippen LogP contribution in [0.5, 0.6) is 0 Å². The van der Waals surface area contributed by atoms with Crippen molar-refractivity contribution >= 4 is 22.3 Å². The Labute approximate surface area is 126 Å². The predicted octanol–water partition coefficient (Wildman–Crippen LogP) is 2.04. The predicted molar refractivity (Wildman–Crippen MR) is 83.3 cm³/mol. The van der Waals surface area contributed by atoms with Crippen LogP contribution in [0.1, 0.15) is 12.8 Å². The first-order chi connectivity index (χ1) is 10.5. The number of hydrogen-bond donors (Lipinski definition) is 1. The summed E-state index contributed by atoms with van der Waals surface area (Å²) in [5.41, 5.74) is 1.13. The minimum Gasteiger partial charge on any atom is -0.379 e. The Hall–Kier alpha value is -2.41. The van der Waals surface area contributed by atoms with Crippen LogP contribution < -0.4 is 10.9 Å². The van der Waals surface area contributed by atoms with Crippen molar-refractivity contribution in [3.05, 3.63) is 44.7 Å². The minimum atomic E-state index is -0.435. The summed E-state index contributed by atoms with van der Waals surface area (Å²) in [6.07, 6.45) is 2.03. The number of methoxy groups -OCH3 is 1. The fraction of sp³-hybridized carbons (Fsp3) is 0.400. The Bertz CT molecular complexity index is 797. The number of nitrogens with zero attached hydrogens (tertiary/aromatic N) is 2. The topological polar surface area (TPSA) is 86.4 Å². The van der Waals surface area contributed by atoms with Crippen molar-refractivity contribution in [1.82, 2.24) is 4.57 Å². The maximum absolute atomic E-state index is 12.1. The number of aromatic nitrogens is 1. The fourth-order valence-corrected chi connectivity index (χ4v) is 2.80. The lowest BCUT2D eigenvalue weighted by Gasteiger charge is -2.36. The van der Waals surface area contributed by atoms with Gasteiger partial charge in [0, 0.05) is 43.4 Å². The zero-order valence-electron chi connectivity index (χ0n) is 12.4. The van der Waals surface area contributed by atoms with Gasteiger partial charge in [-0.2, -0.15) is 0 Å². The molecule has 2 aromatic rings.